The second-order valence-corrected chi connectivity index (χ2v) is 4.38. The first-order valence-electron chi connectivity index (χ1n) is 6.37. The number of rotatable bonds is 4. The first-order valence-corrected chi connectivity index (χ1v) is 6.37. The van der Waals surface area contributed by atoms with Crippen molar-refractivity contribution in [2.45, 2.75) is 5.92 Å². The minimum absolute atomic E-state index is 0.0840. The van der Waals surface area contributed by atoms with E-state index < -0.39 is 0 Å². The molecule has 5 nitrogen and oxygen atoms in total. The molecule has 20 heavy (non-hydrogen) atoms. The van der Waals surface area contributed by atoms with Crippen LogP contribution < -0.4 is 5.73 Å². The third-order valence-electron chi connectivity index (χ3n) is 3.10. The van der Waals surface area contributed by atoms with Gasteiger partial charge in [-0.3, -0.25) is 4.98 Å². The second kappa shape index (κ2) is 5.63. The molecule has 1 aromatic carbocycles. The topological polar surface area (TPSA) is 77.8 Å². The maximum absolute atomic E-state index is 5.85. The lowest BCUT2D eigenvalue weighted by Crippen LogP contribution is -2.14. The van der Waals surface area contributed by atoms with Crippen molar-refractivity contribution >= 4 is 0 Å². The fourth-order valence-corrected chi connectivity index (χ4v) is 2.05. The minimum Gasteiger partial charge on any atom is -0.420 e. The van der Waals surface area contributed by atoms with Gasteiger partial charge in [-0.05, 0) is 17.7 Å². The number of hydrogen-bond donors (Lipinski definition) is 1. The lowest BCUT2D eigenvalue weighted by Gasteiger charge is -2.09. The van der Waals surface area contributed by atoms with E-state index in [1.807, 2.05) is 42.5 Å². The highest BCUT2D eigenvalue weighted by molar-refractivity contribution is 5.50. The van der Waals surface area contributed by atoms with Gasteiger partial charge < -0.3 is 10.2 Å². The van der Waals surface area contributed by atoms with Crippen molar-refractivity contribution < 1.29 is 4.42 Å². The Hall–Kier alpha value is -2.53. The number of nitrogens with two attached hydrogens (primary N) is 1. The molecule has 0 radical (unpaired) electrons. The summed E-state index contributed by atoms with van der Waals surface area (Å²) in [4.78, 5) is 3.97. The maximum atomic E-state index is 5.85. The van der Waals surface area contributed by atoms with E-state index >= 15 is 0 Å². The highest BCUT2D eigenvalue weighted by Crippen LogP contribution is 2.25. The molecule has 100 valence electrons. The van der Waals surface area contributed by atoms with Crippen molar-refractivity contribution in [1.29, 1.82) is 0 Å². The van der Waals surface area contributed by atoms with Gasteiger partial charge >= 0.3 is 0 Å². The van der Waals surface area contributed by atoms with Crippen LogP contribution in [0.5, 0.6) is 0 Å². The first kappa shape index (κ1) is 12.5. The average molecular weight is 266 g/mol. The lowest BCUT2D eigenvalue weighted by molar-refractivity contribution is 0.482. The molecule has 1 atom stereocenters. The van der Waals surface area contributed by atoms with E-state index in [2.05, 4.69) is 15.2 Å². The molecular formula is C15H14N4O. The first-order chi connectivity index (χ1) is 9.88. The van der Waals surface area contributed by atoms with Crippen LogP contribution in [0.3, 0.4) is 0 Å². The van der Waals surface area contributed by atoms with E-state index in [0.29, 0.717) is 18.3 Å². The van der Waals surface area contributed by atoms with Gasteiger partial charge in [0.15, 0.2) is 0 Å². The smallest absolute Gasteiger partial charge is 0.247 e. The number of aromatic nitrogens is 3. The van der Waals surface area contributed by atoms with Gasteiger partial charge in [0.1, 0.15) is 0 Å². The van der Waals surface area contributed by atoms with Gasteiger partial charge in [0, 0.05) is 24.5 Å². The molecule has 0 amide bonds. The van der Waals surface area contributed by atoms with Crippen LogP contribution in [-0.2, 0) is 0 Å². The second-order valence-electron chi connectivity index (χ2n) is 4.38. The van der Waals surface area contributed by atoms with Crippen LogP contribution in [0.1, 0.15) is 17.4 Å². The molecule has 2 aromatic heterocycles. The molecule has 0 saturated heterocycles. The standard InChI is InChI=1S/C15H14N4O/c16-10-13(11-4-2-1-3-5-11)15-19-18-14(20-15)12-6-8-17-9-7-12/h1-9,13H,10,16H2. The lowest BCUT2D eigenvalue weighted by atomic mass is 9.99. The van der Waals surface area contributed by atoms with Gasteiger partial charge in [0.2, 0.25) is 11.8 Å². The fourth-order valence-electron chi connectivity index (χ4n) is 2.05. The van der Waals surface area contributed by atoms with E-state index in [1.165, 1.54) is 0 Å². The Morgan fingerprint density at radius 1 is 1.00 bits per heavy atom. The molecule has 2 heterocycles. The Bertz CT molecular complexity index is 667. The van der Waals surface area contributed by atoms with E-state index in [9.17, 15) is 0 Å². The van der Waals surface area contributed by atoms with Crippen molar-refractivity contribution in [2.24, 2.45) is 5.73 Å². The van der Waals surface area contributed by atoms with Gasteiger partial charge in [-0.25, -0.2) is 0 Å². The molecule has 3 rings (SSSR count). The number of benzene rings is 1. The van der Waals surface area contributed by atoms with Crippen LogP contribution in [0.4, 0.5) is 0 Å². The molecular weight excluding hydrogens is 252 g/mol. The van der Waals surface area contributed by atoms with Crippen LogP contribution >= 0.6 is 0 Å². The van der Waals surface area contributed by atoms with E-state index in [-0.39, 0.29) is 5.92 Å². The zero-order valence-corrected chi connectivity index (χ0v) is 10.8. The van der Waals surface area contributed by atoms with E-state index in [0.717, 1.165) is 11.1 Å². The van der Waals surface area contributed by atoms with Gasteiger partial charge in [-0.1, -0.05) is 30.3 Å². The van der Waals surface area contributed by atoms with Crippen molar-refractivity contribution in [2.75, 3.05) is 6.54 Å². The molecule has 5 heteroatoms. The van der Waals surface area contributed by atoms with Crippen LogP contribution in [0.15, 0.2) is 59.3 Å². The van der Waals surface area contributed by atoms with Gasteiger partial charge in [0.25, 0.3) is 0 Å². The molecule has 2 N–H and O–H groups in total. The molecule has 0 spiro atoms. The third-order valence-corrected chi connectivity index (χ3v) is 3.10. The maximum Gasteiger partial charge on any atom is 0.247 e. The number of pyridine rings is 1. The Balaban J connectivity index is 1.93. The number of hydrogen-bond acceptors (Lipinski definition) is 5. The Labute approximate surface area is 116 Å². The van der Waals surface area contributed by atoms with Crippen molar-refractivity contribution in [3.05, 3.63) is 66.3 Å². The predicted octanol–water partition coefficient (Wildman–Crippen LogP) is 2.22. The van der Waals surface area contributed by atoms with Crippen LogP contribution in [0.25, 0.3) is 11.5 Å². The number of nitrogens with zero attached hydrogens (tertiary/aromatic N) is 3. The Kier molecular flexibility index (Phi) is 3.52. The summed E-state index contributed by atoms with van der Waals surface area (Å²) in [5.74, 6) is 0.932. The highest BCUT2D eigenvalue weighted by atomic mass is 16.4. The van der Waals surface area contributed by atoms with Crippen molar-refractivity contribution in [3.8, 4) is 11.5 Å². The summed E-state index contributed by atoms with van der Waals surface area (Å²) in [7, 11) is 0. The summed E-state index contributed by atoms with van der Waals surface area (Å²) in [6.07, 6.45) is 3.38. The van der Waals surface area contributed by atoms with Gasteiger partial charge in [-0.2, -0.15) is 0 Å². The summed E-state index contributed by atoms with van der Waals surface area (Å²) < 4.78 is 5.75. The van der Waals surface area contributed by atoms with Crippen molar-refractivity contribution in [3.63, 3.8) is 0 Å². The molecule has 0 saturated carbocycles. The summed E-state index contributed by atoms with van der Waals surface area (Å²) in [6, 6.07) is 13.6. The molecule has 3 aromatic rings. The van der Waals surface area contributed by atoms with E-state index in [4.69, 9.17) is 10.2 Å². The van der Waals surface area contributed by atoms with Crippen LogP contribution in [-0.4, -0.2) is 21.7 Å². The zero-order valence-electron chi connectivity index (χ0n) is 10.8. The normalized spacial score (nSPS) is 12.2. The largest absolute Gasteiger partial charge is 0.420 e. The molecule has 1 unspecified atom stereocenters. The molecule has 0 aliphatic heterocycles. The predicted molar refractivity (Wildman–Crippen MR) is 74.9 cm³/mol. The molecule has 0 aliphatic carbocycles. The summed E-state index contributed by atoms with van der Waals surface area (Å²) in [5.41, 5.74) is 7.77. The zero-order chi connectivity index (χ0) is 13.8. The quantitative estimate of drug-likeness (QED) is 0.783. The monoisotopic (exact) mass is 266 g/mol. The van der Waals surface area contributed by atoms with E-state index in [1.54, 1.807) is 12.4 Å². The van der Waals surface area contributed by atoms with Crippen LogP contribution in [0, 0.1) is 0 Å². The average Bonchev–Trinajstić information content (AvgIpc) is 3.00. The SMILES string of the molecule is NCC(c1ccccc1)c1nnc(-c2ccncc2)o1. The van der Waals surface area contributed by atoms with Crippen LogP contribution in [0.2, 0.25) is 0 Å². The third kappa shape index (κ3) is 2.44. The summed E-state index contributed by atoms with van der Waals surface area (Å²) in [6.45, 7) is 0.419. The van der Waals surface area contributed by atoms with Gasteiger partial charge in [-0.15, -0.1) is 10.2 Å². The highest BCUT2D eigenvalue weighted by Gasteiger charge is 2.19. The summed E-state index contributed by atoms with van der Waals surface area (Å²) in [5, 5.41) is 8.20. The van der Waals surface area contributed by atoms with Gasteiger partial charge in [0.05, 0.1) is 5.92 Å². The molecule has 0 bridgehead atoms. The molecule has 0 fully saturated rings. The fraction of sp³-hybridized carbons (Fsp3) is 0.133. The van der Waals surface area contributed by atoms with Crippen molar-refractivity contribution in [1.82, 2.24) is 15.2 Å². The molecule has 0 aliphatic rings. The summed E-state index contributed by atoms with van der Waals surface area (Å²) >= 11 is 0. The Morgan fingerprint density at radius 3 is 2.45 bits per heavy atom. The minimum atomic E-state index is -0.0840. The Morgan fingerprint density at radius 2 is 1.75 bits per heavy atom.